The van der Waals surface area contributed by atoms with Crippen LogP contribution in [0.25, 0.3) is 11.6 Å². The number of halogens is 1. The highest BCUT2D eigenvalue weighted by Crippen LogP contribution is 2.53. The van der Waals surface area contributed by atoms with E-state index in [1.54, 1.807) is 6.20 Å². The van der Waals surface area contributed by atoms with E-state index in [2.05, 4.69) is 37.7 Å². The summed E-state index contributed by atoms with van der Waals surface area (Å²) < 4.78 is 11.4. The quantitative estimate of drug-likeness (QED) is 0.315. The predicted octanol–water partition coefficient (Wildman–Crippen LogP) is 3.59. The molecule has 31 heavy (non-hydrogen) atoms. The van der Waals surface area contributed by atoms with Crippen LogP contribution in [0.2, 0.25) is 0 Å². The van der Waals surface area contributed by atoms with Crippen molar-refractivity contribution in [1.29, 1.82) is 0 Å². The smallest absolute Gasteiger partial charge is 0.276 e. The Morgan fingerprint density at radius 2 is 2.13 bits per heavy atom. The van der Waals surface area contributed by atoms with Gasteiger partial charge in [0.05, 0.1) is 6.10 Å². The molecule has 170 valence electrons. The van der Waals surface area contributed by atoms with Crippen LogP contribution in [0.3, 0.4) is 0 Å². The Kier molecular flexibility index (Phi) is 8.65. The van der Waals surface area contributed by atoms with Gasteiger partial charge in [-0.25, -0.2) is 0 Å². The predicted molar refractivity (Wildman–Crippen MR) is 130 cm³/mol. The zero-order valence-electron chi connectivity index (χ0n) is 18.3. The van der Waals surface area contributed by atoms with E-state index < -0.39 is 0 Å². The zero-order valence-corrected chi connectivity index (χ0v) is 20.7. The summed E-state index contributed by atoms with van der Waals surface area (Å²) >= 11 is 0. The minimum atomic E-state index is 0. The van der Waals surface area contributed by atoms with Crippen LogP contribution in [0, 0.1) is 5.41 Å². The fourth-order valence-electron chi connectivity index (χ4n) is 4.87. The maximum atomic E-state index is 6.06. The molecule has 2 aromatic heterocycles. The zero-order chi connectivity index (χ0) is 20.8. The second-order valence-corrected chi connectivity index (χ2v) is 8.15. The van der Waals surface area contributed by atoms with Crippen molar-refractivity contribution in [3.63, 3.8) is 0 Å². The Bertz CT molecular complexity index is 838. The van der Waals surface area contributed by atoms with Crippen LogP contribution in [-0.2, 0) is 11.2 Å². The lowest BCUT2D eigenvalue weighted by atomic mass is 9.55. The molecule has 2 atom stereocenters. The van der Waals surface area contributed by atoms with E-state index >= 15 is 0 Å². The number of nitrogens with one attached hydrogen (secondary N) is 2. The summed E-state index contributed by atoms with van der Waals surface area (Å²) in [7, 11) is 1.81. The molecule has 2 N–H and O–H groups in total. The van der Waals surface area contributed by atoms with E-state index in [-0.39, 0.29) is 29.4 Å². The third-order valence-electron chi connectivity index (χ3n) is 6.47. The Hall–Kier alpha value is -1.75. The minimum absolute atomic E-state index is 0. The van der Waals surface area contributed by atoms with Crippen molar-refractivity contribution >= 4 is 29.9 Å². The number of hydrogen-bond donors (Lipinski definition) is 2. The topological polar surface area (TPSA) is 97.5 Å². The van der Waals surface area contributed by atoms with Crippen molar-refractivity contribution in [2.45, 2.75) is 64.0 Å². The van der Waals surface area contributed by atoms with Gasteiger partial charge < -0.3 is 19.9 Å². The van der Waals surface area contributed by atoms with Crippen LogP contribution in [0.1, 0.15) is 51.3 Å². The molecule has 9 heteroatoms. The van der Waals surface area contributed by atoms with Crippen molar-refractivity contribution in [3.8, 4) is 11.6 Å². The molecule has 2 saturated carbocycles. The molecule has 0 aliphatic heterocycles. The molecule has 4 rings (SSSR count). The number of hydrogen-bond acceptors (Lipinski definition) is 6. The molecule has 0 saturated heterocycles. The van der Waals surface area contributed by atoms with Crippen LogP contribution < -0.4 is 10.6 Å². The van der Waals surface area contributed by atoms with E-state index in [0.717, 1.165) is 19.0 Å². The number of pyridine rings is 1. The van der Waals surface area contributed by atoms with Gasteiger partial charge in [0.2, 0.25) is 0 Å². The van der Waals surface area contributed by atoms with Crippen molar-refractivity contribution in [3.05, 3.63) is 30.2 Å². The summed E-state index contributed by atoms with van der Waals surface area (Å²) in [5, 5.41) is 11.1. The molecule has 0 bridgehead atoms. The molecule has 2 unspecified atom stereocenters. The number of ether oxygens (including phenoxy) is 1. The molecule has 1 spiro atoms. The lowest BCUT2D eigenvalue weighted by Crippen LogP contribution is -2.66. The summed E-state index contributed by atoms with van der Waals surface area (Å²) in [6, 6.07) is 6.04. The van der Waals surface area contributed by atoms with Crippen LogP contribution in [0.15, 0.2) is 33.9 Å². The third kappa shape index (κ3) is 5.36. The molecule has 2 aliphatic carbocycles. The van der Waals surface area contributed by atoms with Gasteiger partial charge in [-0.1, -0.05) is 30.5 Å². The van der Waals surface area contributed by atoms with Gasteiger partial charge in [-0.15, -0.1) is 24.0 Å². The van der Waals surface area contributed by atoms with Crippen molar-refractivity contribution < 1.29 is 9.26 Å². The molecule has 0 amide bonds. The molecule has 0 radical (unpaired) electrons. The van der Waals surface area contributed by atoms with Gasteiger partial charge in [0.25, 0.3) is 5.89 Å². The summed E-state index contributed by atoms with van der Waals surface area (Å²) in [6.45, 7) is 3.56. The van der Waals surface area contributed by atoms with Crippen molar-refractivity contribution in [2.75, 3.05) is 20.2 Å². The normalized spacial score (nSPS) is 22.5. The third-order valence-corrected chi connectivity index (χ3v) is 6.47. The molecule has 2 aromatic rings. The highest BCUT2D eigenvalue weighted by Gasteiger charge is 2.55. The van der Waals surface area contributed by atoms with Gasteiger partial charge >= 0.3 is 0 Å². The van der Waals surface area contributed by atoms with Crippen molar-refractivity contribution in [1.82, 2.24) is 25.8 Å². The summed E-state index contributed by atoms with van der Waals surface area (Å²) in [5.41, 5.74) is 0.949. The number of aromatic nitrogens is 3. The second kappa shape index (κ2) is 11.2. The largest absolute Gasteiger partial charge is 0.378 e. The summed E-state index contributed by atoms with van der Waals surface area (Å²) in [5.74, 6) is 1.93. The number of rotatable bonds is 7. The van der Waals surface area contributed by atoms with Gasteiger partial charge in [-0.3, -0.25) is 9.98 Å². The van der Waals surface area contributed by atoms with E-state index in [0.29, 0.717) is 42.5 Å². The lowest BCUT2D eigenvalue weighted by Gasteiger charge is -2.57. The molecular weight excluding hydrogens is 507 g/mol. The fourth-order valence-corrected chi connectivity index (χ4v) is 4.87. The van der Waals surface area contributed by atoms with Gasteiger partial charge in [-0.05, 0) is 38.3 Å². The van der Waals surface area contributed by atoms with Crippen LogP contribution >= 0.6 is 24.0 Å². The first kappa shape index (κ1) is 23.9. The first-order chi connectivity index (χ1) is 14.7. The van der Waals surface area contributed by atoms with Gasteiger partial charge in [-0.2, -0.15) is 4.98 Å². The average molecular weight is 540 g/mol. The Morgan fingerprint density at radius 1 is 1.29 bits per heavy atom. The fraction of sp³-hybridized carbons (Fsp3) is 0.636. The molecule has 0 aromatic carbocycles. The van der Waals surface area contributed by atoms with Crippen LogP contribution in [-0.4, -0.2) is 53.4 Å². The van der Waals surface area contributed by atoms with E-state index in [4.69, 9.17) is 9.26 Å². The van der Waals surface area contributed by atoms with E-state index in [1.807, 2.05) is 25.2 Å². The lowest BCUT2D eigenvalue weighted by molar-refractivity contribution is -0.145. The van der Waals surface area contributed by atoms with Gasteiger partial charge in [0, 0.05) is 44.3 Å². The number of guanidine groups is 1. The Balaban J connectivity index is 0.00000272. The Morgan fingerprint density at radius 3 is 2.84 bits per heavy atom. The molecular formula is C22H33IN6O2. The summed E-state index contributed by atoms with van der Waals surface area (Å²) in [4.78, 5) is 13.1. The maximum absolute atomic E-state index is 6.06. The molecule has 2 heterocycles. The standard InChI is InChI=1S/C22H32N6O2.HI/c1-3-29-18-15-17(22(18)11-6-4-7-12-22)26-21(23-2)25-14-10-19-27-20(30-28-19)16-9-5-8-13-24-16;/h5,8-9,13,17-18H,3-4,6-7,10-12,14-15H2,1-2H3,(H2,23,25,26);1H. The molecule has 2 fully saturated rings. The number of aliphatic imine (C=N–C) groups is 1. The first-order valence-electron chi connectivity index (χ1n) is 11.1. The van der Waals surface area contributed by atoms with Crippen LogP contribution in [0.4, 0.5) is 0 Å². The number of nitrogens with zero attached hydrogens (tertiary/aromatic N) is 4. The highest BCUT2D eigenvalue weighted by molar-refractivity contribution is 14.0. The van der Waals surface area contributed by atoms with E-state index in [1.165, 1.54) is 32.1 Å². The molecule has 2 aliphatic rings. The van der Waals surface area contributed by atoms with Crippen molar-refractivity contribution in [2.24, 2.45) is 10.4 Å². The first-order valence-corrected chi connectivity index (χ1v) is 11.1. The minimum Gasteiger partial charge on any atom is -0.378 e. The highest BCUT2D eigenvalue weighted by atomic mass is 127. The van der Waals surface area contributed by atoms with Gasteiger partial charge in [0.1, 0.15) is 5.69 Å². The molecule has 8 nitrogen and oxygen atoms in total. The van der Waals surface area contributed by atoms with E-state index in [9.17, 15) is 0 Å². The monoisotopic (exact) mass is 540 g/mol. The maximum Gasteiger partial charge on any atom is 0.276 e. The summed E-state index contributed by atoms with van der Waals surface area (Å²) in [6.07, 6.45) is 10.2. The Labute approximate surface area is 201 Å². The van der Waals surface area contributed by atoms with Crippen LogP contribution in [0.5, 0.6) is 0 Å². The average Bonchev–Trinajstić information content (AvgIpc) is 3.27. The SMILES string of the molecule is CCOC1CC(NC(=NC)NCCc2noc(-c3ccccn3)n2)C12CCCCC2.I. The second-order valence-electron chi connectivity index (χ2n) is 8.15. The van der Waals surface area contributed by atoms with Gasteiger partial charge in [0.15, 0.2) is 11.8 Å².